The van der Waals surface area contributed by atoms with Crippen LogP contribution in [-0.2, 0) is 14.8 Å². The molecule has 2 aliphatic rings. The zero-order valence-electron chi connectivity index (χ0n) is 17.4. The lowest BCUT2D eigenvalue weighted by Crippen LogP contribution is -2.41. The van der Waals surface area contributed by atoms with Gasteiger partial charge in [0.2, 0.25) is 15.9 Å². The molecule has 0 radical (unpaired) electrons. The second-order valence-electron chi connectivity index (χ2n) is 8.22. The molecule has 30 heavy (non-hydrogen) atoms. The van der Waals surface area contributed by atoms with Gasteiger partial charge in [-0.2, -0.15) is 4.31 Å². The maximum Gasteiger partial charge on any atom is 0.243 e. The van der Waals surface area contributed by atoms with Crippen molar-refractivity contribution in [1.29, 1.82) is 0 Å². The van der Waals surface area contributed by atoms with Gasteiger partial charge in [0.25, 0.3) is 0 Å². The summed E-state index contributed by atoms with van der Waals surface area (Å²) < 4.78 is 27.1. The quantitative estimate of drug-likeness (QED) is 0.791. The molecule has 2 saturated heterocycles. The Balaban J connectivity index is 1.32. The molecule has 4 rings (SSSR count). The molecule has 2 aromatic rings. The Kier molecular flexibility index (Phi) is 6.11. The van der Waals surface area contributed by atoms with E-state index >= 15 is 0 Å². The van der Waals surface area contributed by atoms with Gasteiger partial charge in [0, 0.05) is 43.5 Å². The lowest BCUT2D eigenvalue weighted by Gasteiger charge is -2.30. The summed E-state index contributed by atoms with van der Waals surface area (Å²) in [4.78, 5) is 15.4. The Morgan fingerprint density at radius 1 is 0.900 bits per heavy atom. The Labute approximate surface area is 178 Å². The summed E-state index contributed by atoms with van der Waals surface area (Å²) in [6.07, 6.45) is 3.53. The molecule has 6 nitrogen and oxygen atoms in total. The second kappa shape index (κ2) is 8.78. The summed E-state index contributed by atoms with van der Waals surface area (Å²) >= 11 is 0. The van der Waals surface area contributed by atoms with Crippen LogP contribution in [0.4, 0.5) is 11.4 Å². The Hall–Kier alpha value is -2.38. The third-order valence-corrected chi connectivity index (χ3v) is 8.00. The van der Waals surface area contributed by atoms with Crippen LogP contribution in [0.15, 0.2) is 53.4 Å². The van der Waals surface area contributed by atoms with Crippen LogP contribution in [0.5, 0.6) is 0 Å². The zero-order valence-corrected chi connectivity index (χ0v) is 18.2. The number of benzene rings is 2. The van der Waals surface area contributed by atoms with Crippen LogP contribution >= 0.6 is 0 Å². The van der Waals surface area contributed by atoms with Crippen molar-refractivity contribution in [1.82, 2.24) is 4.31 Å². The standard InChI is InChI=1S/C23H29N3O3S/c1-18-4-10-22(11-5-18)30(28,29)26-16-12-19(13-17-26)23(27)24-20-6-8-21(9-7-20)25-14-2-3-15-25/h4-11,19H,2-3,12-17H2,1H3,(H,24,27). The highest BCUT2D eigenvalue weighted by molar-refractivity contribution is 7.89. The van der Waals surface area contributed by atoms with Gasteiger partial charge in [-0.25, -0.2) is 8.42 Å². The second-order valence-corrected chi connectivity index (χ2v) is 10.2. The normalized spacial score (nSPS) is 18.5. The first-order valence-corrected chi connectivity index (χ1v) is 12.1. The molecule has 0 spiro atoms. The van der Waals surface area contributed by atoms with Gasteiger partial charge in [0.05, 0.1) is 4.90 Å². The largest absolute Gasteiger partial charge is 0.372 e. The van der Waals surface area contributed by atoms with Crippen molar-refractivity contribution in [3.8, 4) is 0 Å². The van der Waals surface area contributed by atoms with Gasteiger partial charge in [-0.15, -0.1) is 0 Å². The number of carbonyl (C=O) groups excluding carboxylic acids is 1. The first-order valence-electron chi connectivity index (χ1n) is 10.7. The third-order valence-electron chi connectivity index (χ3n) is 6.09. The molecule has 0 aromatic heterocycles. The Morgan fingerprint density at radius 2 is 1.50 bits per heavy atom. The van der Waals surface area contributed by atoms with Crippen molar-refractivity contribution < 1.29 is 13.2 Å². The molecule has 0 atom stereocenters. The molecular formula is C23H29N3O3S. The fraction of sp³-hybridized carbons (Fsp3) is 0.435. The molecule has 0 unspecified atom stereocenters. The molecule has 1 N–H and O–H groups in total. The summed E-state index contributed by atoms with van der Waals surface area (Å²) in [5.74, 6) is -0.205. The van der Waals surface area contributed by atoms with Crippen molar-refractivity contribution >= 4 is 27.3 Å². The summed E-state index contributed by atoms with van der Waals surface area (Å²) in [6, 6.07) is 14.9. The van der Waals surface area contributed by atoms with Crippen LogP contribution < -0.4 is 10.2 Å². The van der Waals surface area contributed by atoms with E-state index in [0.29, 0.717) is 30.8 Å². The monoisotopic (exact) mass is 427 g/mol. The molecule has 2 aromatic carbocycles. The summed E-state index contributed by atoms with van der Waals surface area (Å²) in [6.45, 7) is 4.84. The van der Waals surface area contributed by atoms with Crippen LogP contribution in [0, 0.1) is 12.8 Å². The predicted molar refractivity (Wildman–Crippen MR) is 119 cm³/mol. The minimum atomic E-state index is -3.50. The minimum Gasteiger partial charge on any atom is -0.372 e. The molecule has 2 aliphatic heterocycles. The van der Waals surface area contributed by atoms with Gasteiger partial charge >= 0.3 is 0 Å². The highest BCUT2D eigenvalue weighted by Crippen LogP contribution is 2.26. The van der Waals surface area contributed by atoms with E-state index in [-0.39, 0.29) is 11.8 Å². The number of rotatable bonds is 5. The maximum absolute atomic E-state index is 12.8. The molecule has 1 amide bonds. The highest BCUT2D eigenvalue weighted by atomic mass is 32.2. The number of hydrogen-bond donors (Lipinski definition) is 1. The lowest BCUT2D eigenvalue weighted by molar-refractivity contribution is -0.120. The lowest BCUT2D eigenvalue weighted by atomic mass is 9.97. The molecular weight excluding hydrogens is 398 g/mol. The maximum atomic E-state index is 12.8. The predicted octanol–water partition coefficient (Wildman–Crippen LogP) is 3.63. The summed E-state index contributed by atoms with van der Waals surface area (Å²) in [7, 11) is -3.50. The first-order chi connectivity index (χ1) is 14.4. The number of amides is 1. The average molecular weight is 428 g/mol. The van der Waals surface area contributed by atoms with Crippen LogP contribution in [0.2, 0.25) is 0 Å². The van der Waals surface area contributed by atoms with Crippen molar-refractivity contribution in [2.45, 2.75) is 37.5 Å². The van der Waals surface area contributed by atoms with E-state index in [0.717, 1.165) is 24.3 Å². The van der Waals surface area contributed by atoms with Crippen molar-refractivity contribution in [3.05, 3.63) is 54.1 Å². The van der Waals surface area contributed by atoms with Crippen LogP contribution in [-0.4, -0.2) is 44.8 Å². The number of aryl methyl sites for hydroxylation is 1. The first kappa shape index (κ1) is 20.9. The molecule has 7 heteroatoms. The number of hydrogen-bond acceptors (Lipinski definition) is 4. The number of nitrogens with one attached hydrogen (secondary N) is 1. The molecule has 0 aliphatic carbocycles. The number of anilines is 2. The van der Waals surface area contributed by atoms with Crippen molar-refractivity contribution in [2.75, 3.05) is 36.4 Å². The van der Waals surface area contributed by atoms with Crippen LogP contribution in [0.1, 0.15) is 31.2 Å². The highest BCUT2D eigenvalue weighted by Gasteiger charge is 2.32. The molecule has 160 valence electrons. The minimum absolute atomic E-state index is 0.0312. The van der Waals surface area contributed by atoms with Crippen molar-refractivity contribution in [3.63, 3.8) is 0 Å². The van der Waals surface area contributed by atoms with Crippen molar-refractivity contribution in [2.24, 2.45) is 5.92 Å². The van der Waals surface area contributed by atoms with Gasteiger partial charge in [-0.3, -0.25) is 4.79 Å². The fourth-order valence-electron chi connectivity index (χ4n) is 4.19. The number of nitrogens with zero attached hydrogens (tertiary/aromatic N) is 2. The smallest absolute Gasteiger partial charge is 0.243 e. The Morgan fingerprint density at radius 3 is 2.10 bits per heavy atom. The number of carbonyl (C=O) groups is 1. The van der Waals surface area contributed by atoms with E-state index < -0.39 is 10.0 Å². The molecule has 0 bridgehead atoms. The zero-order chi connectivity index (χ0) is 21.1. The van der Waals surface area contributed by atoms with E-state index in [2.05, 4.69) is 22.3 Å². The van der Waals surface area contributed by atoms with E-state index in [4.69, 9.17) is 0 Å². The SMILES string of the molecule is Cc1ccc(S(=O)(=O)N2CCC(C(=O)Nc3ccc(N4CCCC4)cc3)CC2)cc1. The van der Waals surface area contributed by atoms with Gasteiger partial charge < -0.3 is 10.2 Å². The topological polar surface area (TPSA) is 69.7 Å². The number of piperidine rings is 1. The molecule has 2 heterocycles. The van der Waals surface area contributed by atoms with Gasteiger partial charge in [-0.05, 0) is 69.0 Å². The van der Waals surface area contributed by atoms with Gasteiger partial charge in [0.1, 0.15) is 0 Å². The molecule has 2 fully saturated rings. The van der Waals surface area contributed by atoms with Gasteiger partial charge in [-0.1, -0.05) is 17.7 Å². The number of sulfonamides is 1. The third kappa shape index (κ3) is 4.52. The fourth-order valence-corrected chi connectivity index (χ4v) is 5.66. The van der Waals surface area contributed by atoms with Gasteiger partial charge in [0.15, 0.2) is 0 Å². The molecule has 0 saturated carbocycles. The van der Waals surface area contributed by atoms with E-state index in [1.54, 1.807) is 12.1 Å². The summed E-state index contributed by atoms with van der Waals surface area (Å²) in [5, 5.41) is 3.00. The van der Waals surface area contributed by atoms with Crippen LogP contribution in [0.25, 0.3) is 0 Å². The van der Waals surface area contributed by atoms with Crippen LogP contribution in [0.3, 0.4) is 0 Å². The summed E-state index contributed by atoms with van der Waals surface area (Å²) in [5.41, 5.74) is 3.01. The van der Waals surface area contributed by atoms with E-state index in [9.17, 15) is 13.2 Å². The van der Waals surface area contributed by atoms with E-state index in [1.807, 2.05) is 31.2 Å². The average Bonchev–Trinajstić information content (AvgIpc) is 3.30. The van der Waals surface area contributed by atoms with E-state index in [1.165, 1.54) is 22.8 Å². The Bertz CT molecular complexity index is 973.